The average molecular weight is 255 g/mol. The first-order valence-electron chi connectivity index (χ1n) is 6.78. The van der Waals surface area contributed by atoms with Crippen LogP contribution in [-0.2, 0) is 4.79 Å². The summed E-state index contributed by atoms with van der Waals surface area (Å²) in [7, 11) is 4.23. The number of rotatable bonds is 3. The number of hydrogen-bond acceptors (Lipinski definition) is 4. The van der Waals surface area contributed by atoms with Crippen LogP contribution in [0.3, 0.4) is 0 Å². The van der Waals surface area contributed by atoms with Crippen molar-refractivity contribution in [2.75, 3.05) is 46.8 Å². The fraction of sp³-hybridized carbons (Fsp3) is 0.923. The molecule has 2 heterocycles. The topological polar surface area (TPSA) is 47.0 Å². The largest absolute Gasteiger partial charge is 0.481 e. The molecule has 0 aromatic heterocycles. The number of likely N-dealkylation sites (tertiary alicyclic amines) is 1. The van der Waals surface area contributed by atoms with Gasteiger partial charge in [-0.3, -0.25) is 9.69 Å². The molecule has 2 aliphatic heterocycles. The molecule has 2 aliphatic rings. The van der Waals surface area contributed by atoms with Crippen LogP contribution in [-0.4, -0.2) is 84.2 Å². The normalized spacial score (nSPS) is 36.1. The number of likely N-dealkylation sites (N-methyl/N-ethyl adjacent to an activating group) is 2. The monoisotopic (exact) mass is 255 g/mol. The predicted octanol–water partition coefficient (Wildman–Crippen LogP) is 0.171. The summed E-state index contributed by atoms with van der Waals surface area (Å²) < 4.78 is 0. The van der Waals surface area contributed by atoms with Crippen molar-refractivity contribution in [1.29, 1.82) is 0 Å². The third kappa shape index (κ3) is 2.68. The van der Waals surface area contributed by atoms with Gasteiger partial charge in [0.05, 0.1) is 6.42 Å². The average Bonchev–Trinajstić information content (AvgIpc) is 2.55. The molecule has 5 heteroatoms. The van der Waals surface area contributed by atoms with Crippen LogP contribution in [0.1, 0.15) is 19.8 Å². The predicted molar refractivity (Wildman–Crippen MR) is 70.8 cm³/mol. The van der Waals surface area contributed by atoms with Crippen LogP contribution in [0, 0.1) is 0 Å². The first-order chi connectivity index (χ1) is 8.43. The molecule has 2 rings (SSSR count). The molecule has 5 nitrogen and oxygen atoms in total. The Balaban J connectivity index is 2.13. The van der Waals surface area contributed by atoms with Gasteiger partial charge < -0.3 is 14.9 Å². The van der Waals surface area contributed by atoms with E-state index in [0.717, 1.165) is 39.1 Å². The minimum absolute atomic E-state index is 0.152. The molecule has 0 spiro atoms. The molecule has 0 saturated carbocycles. The summed E-state index contributed by atoms with van der Waals surface area (Å²) in [5.74, 6) is -0.670. The lowest BCUT2D eigenvalue weighted by Gasteiger charge is -2.44. The van der Waals surface area contributed by atoms with E-state index in [1.807, 2.05) is 0 Å². The summed E-state index contributed by atoms with van der Waals surface area (Å²) >= 11 is 0. The lowest BCUT2D eigenvalue weighted by atomic mass is 9.89. The van der Waals surface area contributed by atoms with Crippen molar-refractivity contribution < 1.29 is 9.90 Å². The molecule has 0 aromatic carbocycles. The van der Waals surface area contributed by atoms with E-state index in [1.165, 1.54) is 0 Å². The number of carboxylic acids is 1. The Morgan fingerprint density at radius 3 is 2.33 bits per heavy atom. The first kappa shape index (κ1) is 13.8. The quantitative estimate of drug-likeness (QED) is 0.779. The van der Waals surface area contributed by atoms with Crippen LogP contribution < -0.4 is 0 Å². The Kier molecular flexibility index (Phi) is 3.94. The molecule has 2 atom stereocenters. The van der Waals surface area contributed by atoms with Crippen molar-refractivity contribution in [2.45, 2.75) is 31.3 Å². The van der Waals surface area contributed by atoms with Crippen LogP contribution in [0.15, 0.2) is 0 Å². The first-order valence-corrected chi connectivity index (χ1v) is 6.78. The molecule has 18 heavy (non-hydrogen) atoms. The summed E-state index contributed by atoms with van der Waals surface area (Å²) in [6.07, 6.45) is 1.24. The van der Waals surface area contributed by atoms with Gasteiger partial charge in [0.2, 0.25) is 0 Å². The molecule has 2 saturated heterocycles. The lowest BCUT2D eigenvalue weighted by molar-refractivity contribution is -0.140. The highest BCUT2D eigenvalue weighted by Crippen LogP contribution is 2.35. The zero-order valence-corrected chi connectivity index (χ0v) is 11.7. The Bertz CT molecular complexity index is 303. The van der Waals surface area contributed by atoms with E-state index >= 15 is 0 Å². The summed E-state index contributed by atoms with van der Waals surface area (Å²) in [5, 5.41) is 9.24. The number of piperazine rings is 1. The van der Waals surface area contributed by atoms with Crippen molar-refractivity contribution in [2.24, 2.45) is 0 Å². The Hall–Kier alpha value is -0.650. The Morgan fingerprint density at radius 2 is 1.89 bits per heavy atom. The fourth-order valence-corrected chi connectivity index (χ4v) is 3.42. The van der Waals surface area contributed by atoms with E-state index in [-0.39, 0.29) is 12.0 Å². The molecule has 2 fully saturated rings. The van der Waals surface area contributed by atoms with Gasteiger partial charge >= 0.3 is 5.97 Å². The molecule has 104 valence electrons. The number of hydrogen-bond donors (Lipinski definition) is 1. The second kappa shape index (κ2) is 5.15. The third-order valence-corrected chi connectivity index (χ3v) is 4.63. The van der Waals surface area contributed by atoms with E-state index < -0.39 is 5.97 Å². The highest BCUT2D eigenvalue weighted by molar-refractivity contribution is 5.68. The summed E-state index contributed by atoms with van der Waals surface area (Å²) in [4.78, 5) is 18.2. The smallest absolute Gasteiger partial charge is 0.305 e. The fourth-order valence-electron chi connectivity index (χ4n) is 3.42. The van der Waals surface area contributed by atoms with Crippen LogP contribution in [0.25, 0.3) is 0 Å². The van der Waals surface area contributed by atoms with Crippen molar-refractivity contribution in [3.8, 4) is 0 Å². The lowest BCUT2D eigenvalue weighted by Crippen LogP contribution is -2.58. The standard InChI is InChI=1S/C13H25N3O2/c1-11-8-13(9-12(17)18,10-15(11)3)16-6-4-14(2)5-7-16/h11H,4-10H2,1-3H3,(H,17,18). The number of aliphatic carboxylic acids is 1. The van der Waals surface area contributed by atoms with E-state index in [9.17, 15) is 9.90 Å². The van der Waals surface area contributed by atoms with Gasteiger partial charge in [0, 0.05) is 44.3 Å². The van der Waals surface area contributed by atoms with Crippen molar-refractivity contribution in [3.63, 3.8) is 0 Å². The minimum atomic E-state index is -0.670. The number of carbonyl (C=O) groups is 1. The second-order valence-electron chi connectivity index (χ2n) is 6.05. The Morgan fingerprint density at radius 1 is 1.28 bits per heavy atom. The van der Waals surface area contributed by atoms with E-state index in [1.54, 1.807) is 0 Å². The number of nitrogens with zero attached hydrogens (tertiary/aromatic N) is 3. The molecule has 1 N–H and O–H groups in total. The van der Waals surface area contributed by atoms with Crippen molar-refractivity contribution in [3.05, 3.63) is 0 Å². The zero-order chi connectivity index (χ0) is 13.3. The van der Waals surface area contributed by atoms with Crippen LogP contribution in [0.2, 0.25) is 0 Å². The van der Waals surface area contributed by atoms with Crippen LogP contribution >= 0.6 is 0 Å². The number of carboxylic acid groups (broad SMARTS) is 1. The maximum atomic E-state index is 11.2. The second-order valence-corrected chi connectivity index (χ2v) is 6.05. The van der Waals surface area contributed by atoms with Gasteiger partial charge in [-0.1, -0.05) is 0 Å². The van der Waals surface area contributed by atoms with Gasteiger partial charge in [-0.05, 0) is 27.4 Å². The van der Waals surface area contributed by atoms with Gasteiger partial charge in [0.1, 0.15) is 0 Å². The molecular formula is C13H25N3O2. The van der Waals surface area contributed by atoms with Gasteiger partial charge in [0.15, 0.2) is 0 Å². The zero-order valence-electron chi connectivity index (χ0n) is 11.7. The molecule has 0 bridgehead atoms. The summed E-state index contributed by atoms with van der Waals surface area (Å²) in [5.41, 5.74) is -0.152. The van der Waals surface area contributed by atoms with Crippen LogP contribution in [0.4, 0.5) is 0 Å². The van der Waals surface area contributed by atoms with E-state index in [0.29, 0.717) is 6.04 Å². The Labute approximate surface area is 109 Å². The molecule has 0 aromatic rings. The molecule has 2 unspecified atom stereocenters. The van der Waals surface area contributed by atoms with Gasteiger partial charge in [0.25, 0.3) is 0 Å². The highest BCUT2D eigenvalue weighted by atomic mass is 16.4. The minimum Gasteiger partial charge on any atom is -0.481 e. The molecule has 0 radical (unpaired) electrons. The SMILES string of the molecule is CC1CC(CC(=O)O)(N2CCN(C)CC2)CN1C. The van der Waals surface area contributed by atoms with Crippen LogP contribution in [0.5, 0.6) is 0 Å². The maximum absolute atomic E-state index is 11.2. The van der Waals surface area contributed by atoms with E-state index in [2.05, 4.69) is 35.7 Å². The van der Waals surface area contributed by atoms with Gasteiger partial charge in [-0.25, -0.2) is 0 Å². The van der Waals surface area contributed by atoms with Crippen molar-refractivity contribution in [1.82, 2.24) is 14.7 Å². The molecule has 0 aliphatic carbocycles. The molecule has 0 amide bonds. The third-order valence-electron chi connectivity index (χ3n) is 4.63. The van der Waals surface area contributed by atoms with Gasteiger partial charge in [-0.15, -0.1) is 0 Å². The summed E-state index contributed by atoms with van der Waals surface area (Å²) in [6.45, 7) is 7.14. The van der Waals surface area contributed by atoms with E-state index in [4.69, 9.17) is 0 Å². The van der Waals surface area contributed by atoms with Gasteiger partial charge in [-0.2, -0.15) is 0 Å². The maximum Gasteiger partial charge on any atom is 0.305 e. The molecular weight excluding hydrogens is 230 g/mol. The van der Waals surface area contributed by atoms with Crippen molar-refractivity contribution >= 4 is 5.97 Å². The summed E-state index contributed by atoms with van der Waals surface area (Å²) in [6, 6.07) is 0.476. The highest BCUT2D eigenvalue weighted by Gasteiger charge is 2.46.